The fraction of sp³-hybridized carbons (Fsp3) is 0.514. The van der Waals surface area contributed by atoms with E-state index in [1.807, 2.05) is 32.0 Å². The van der Waals surface area contributed by atoms with Crippen molar-refractivity contribution in [3.8, 4) is 17.1 Å². The largest absolute Gasteiger partial charge is 0.478 e. The van der Waals surface area contributed by atoms with Gasteiger partial charge in [-0.2, -0.15) is 4.98 Å². The number of aromatic carboxylic acids is 1. The van der Waals surface area contributed by atoms with Crippen LogP contribution in [0.3, 0.4) is 0 Å². The van der Waals surface area contributed by atoms with Crippen LogP contribution in [0.4, 0.5) is 5.95 Å². The predicted molar refractivity (Wildman–Crippen MR) is 180 cm³/mol. The molecule has 2 N–H and O–H groups in total. The molecule has 2 heterocycles. The zero-order valence-electron chi connectivity index (χ0n) is 28.3. The molecule has 0 aliphatic carbocycles. The van der Waals surface area contributed by atoms with Gasteiger partial charge in [-0.15, -0.1) is 0 Å². The summed E-state index contributed by atoms with van der Waals surface area (Å²) in [6.45, 7) is 16.8. The van der Waals surface area contributed by atoms with Crippen molar-refractivity contribution in [2.45, 2.75) is 84.8 Å². The number of ether oxygens (including phenoxy) is 2. The van der Waals surface area contributed by atoms with Gasteiger partial charge in [0.05, 0.1) is 28.9 Å². The summed E-state index contributed by atoms with van der Waals surface area (Å²) >= 11 is 0. The first-order valence-corrected chi connectivity index (χ1v) is 17.2. The zero-order chi connectivity index (χ0) is 33.9. The highest BCUT2D eigenvalue weighted by Crippen LogP contribution is 2.32. The second kappa shape index (κ2) is 14.1. The van der Waals surface area contributed by atoms with E-state index in [9.17, 15) is 18.3 Å². The first kappa shape index (κ1) is 35.3. The first-order chi connectivity index (χ1) is 21.4. The van der Waals surface area contributed by atoms with Crippen molar-refractivity contribution in [2.24, 2.45) is 10.8 Å². The Morgan fingerprint density at radius 1 is 1.13 bits per heavy atom. The van der Waals surface area contributed by atoms with E-state index in [0.717, 1.165) is 55.2 Å². The smallest absolute Gasteiger partial charge is 0.335 e. The monoisotopic (exact) mass is 652 g/mol. The summed E-state index contributed by atoms with van der Waals surface area (Å²) in [4.78, 5) is 22.6. The fourth-order valence-corrected chi connectivity index (χ4v) is 6.75. The summed E-state index contributed by atoms with van der Waals surface area (Å²) in [5.41, 5.74) is 3.37. The van der Waals surface area contributed by atoms with Crippen molar-refractivity contribution >= 4 is 21.9 Å². The van der Waals surface area contributed by atoms with Crippen LogP contribution in [0.2, 0.25) is 0 Å². The highest BCUT2D eigenvalue weighted by Gasteiger charge is 2.31. The maximum Gasteiger partial charge on any atom is 0.335 e. The molecule has 1 fully saturated rings. The third-order valence-electron chi connectivity index (χ3n) is 8.30. The van der Waals surface area contributed by atoms with Gasteiger partial charge in [0.25, 0.3) is 10.0 Å². The minimum Gasteiger partial charge on any atom is -0.478 e. The van der Waals surface area contributed by atoms with Gasteiger partial charge in [0, 0.05) is 24.2 Å². The Kier molecular flexibility index (Phi) is 10.8. The number of carboxylic acids is 1. The molecule has 250 valence electrons. The normalized spacial score (nSPS) is 17.5. The van der Waals surface area contributed by atoms with Crippen LogP contribution in [0.5, 0.6) is 5.88 Å². The molecular formula is C35H48N4O6S. The molecular weight excluding hydrogens is 604 g/mol. The van der Waals surface area contributed by atoms with Crippen LogP contribution in [-0.2, 0) is 14.8 Å². The molecule has 0 spiro atoms. The Balaban J connectivity index is 1.64. The quantitative estimate of drug-likeness (QED) is 0.223. The lowest BCUT2D eigenvalue weighted by Crippen LogP contribution is -2.45. The molecule has 0 amide bonds. The number of benzene rings is 2. The van der Waals surface area contributed by atoms with Gasteiger partial charge >= 0.3 is 5.97 Å². The summed E-state index contributed by atoms with van der Waals surface area (Å²) in [6, 6.07) is 12.8. The third-order valence-corrected chi connectivity index (χ3v) is 9.62. The molecule has 1 aliphatic heterocycles. The van der Waals surface area contributed by atoms with Crippen LogP contribution in [-0.4, -0.2) is 73.3 Å². The first-order valence-electron chi connectivity index (χ1n) is 15.7. The van der Waals surface area contributed by atoms with Crippen LogP contribution in [0.1, 0.15) is 75.4 Å². The van der Waals surface area contributed by atoms with E-state index in [1.54, 1.807) is 6.07 Å². The van der Waals surface area contributed by atoms with Gasteiger partial charge in [-0.05, 0) is 80.3 Å². The fourth-order valence-electron chi connectivity index (χ4n) is 5.76. The lowest BCUT2D eigenvalue weighted by Gasteiger charge is -2.39. The number of carboxylic acid groups (broad SMARTS) is 1. The van der Waals surface area contributed by atoms with Gasteiger partial charge in [0.15, 0.2) is 0 Å². The lowest BCUT2D eigenvalue weighted by atomic mass is 9.85. The van der Waals surface area contributed by atoms with E-state index in [-0.39, 0.29) is 45.3 Å². The van der Waals surface area contributed by atoms with Crippen molar-refractivity contribution < 1.29 is 27.8 Å². The van der Waals surface area contributed by atoms with E-state index in [1.165, 1.54) is 18.2 Å². The number of aromatic nitrogens is 2. The SMILES string of the molecule is Cc1cccc(C)c1-c1cc(OC[C@@H](CC(C)(C)C)N(C)CC2CCC(C)(C)CO2)nc(NS(=O)(=O)c2cccc(C(=O)O)c2)n1. The van der Waals surface area contributed by atoms with Gasteiger partial charge in [0.2, 0.25) is 11.8 Å². The molecule has 2 atom stereocenters. The molecule has 1 unspecified atom stereocenters. The van der Waals surface area contributed by atoms with Crippen molar-refractivity contribution in [3.05, 3.63) is 65.2 Å². The second-order valence-electron chi connectivity index (χ2n) is 14.4. The van der Waals surface area contributed by atoms with Gasteiger partial charge in [-0.25, -0.2) is 22.9 Å². The molecule has 10 nitrogen and oxygen atoms in total. The average molecular weight is 653 g/mol. The van der Waals surface area contributed by atoms with Crippen molar-refractivity contribution in [2.75, 3.05) is 31.5 Å². The number of rotatable bonds is 12. The van der Waals surface area contributed by atoms with Crippen molar-refractivity contribution in [3.63, 3.8) is 0 Å². The summed E-state index contributed by atoms with van der Waals surface area (Å²) < 4.78 is 41.8. The van der Waals surface area contributed by atoms with E-state index in [0.29, 0.717) is 12.3 Å². The molecule has 11 heteroatoms. The number of hydrogen-bond donors (Lipinski definition) is 2. The number of aryl methyl sites for hydroxylation is 2. The Morgan fingerprint density at radius 2 is 1.80 bits per heavy atom. The minimum absolute atomic E-state index is 0.0259. The number of likely N-dealkylation sites (N-methyl/N-ethyl adjacent to an activating group) is 1. The lowest BCUT2D eigenvalue weighted by molar-refractivity contribution is -0.0652. The number of nitrogens with zero attached hydrogens (tertiary/aromatic N) is 3. The van der Waals surface area contributed by atoms with Crippen molar-refractivity contribution in [1.29, 1.82) is 0 Å². The zero-order valence-corrected chi connectivity index (χ0v) is 29.1. The molecule has 2 aromatic carbocycles. The van der Waals surface area contributed by atoms with E-state index in [4.69, 9.17) is 9.47 Å². The number of hydrogen-bond acceptors (Lipinski definition) is 8. The second-order valence-corrected chi connectivity index (χ2v) is 16.1. The predicted octanol–water partition coefficient (Wildman–Crippen LogP) is 6.58. The third kappa shape index (κ3) is 9.49. The highest BCUT2D eigenvalue weighted by molar-refractivity contribution is 7.92. The van der Waals surface area contributed by atoms with Crippen LogP contribution in [0.25, 0.3) is 11.3 Å². The molecule has 0 saturated carbocycles. The molecule has 1 aliphatic rings. The van der Waals surface area contributed by atoms with Crippen LogP contribution in [0, 0.1) is 24.7 Å². The van der Waals surface area contributed by atoms with Crippen molar-refractivity contribution in [1.82, 2.24) is 14.9 Å². The molecule has 4 rings (SSSR count). The topological polar surface area (TPSA) is 131 Å². The molecule has 1 aromatic heterocycles. The molecule has 0 bridgehead atoms. The number of carbonyl (C=O) groups is 1. The summed E-state index contributed by atoms with van der Waals surface area (Å²) in [5, 5.41) is 9.37. The Bertz CT molecular complexity index is 1620. The molecule has 46 heavy (non-hydrogen) atoms. The van der Waals surface area contributed by atoms with Crippen LogP contribution in [0.15, 0.2) is 53.4 Å². The molecule has 0 radical (unpaired) electrons. The summed E-state index contributed by atoms with van der Waals surface area (Å²) in [6.07, 6.45) is 3.13. The highest BCUT2D eigenvalue weighted by atomic mass is 32.2. The summed E-state index contributed by atoms with van der Waals surface area (Å²) in [5.74, 6) is -1.17. The Labute approximate surface area is 273 Å². The van der Waals surface area contributed by atoms with E-state index >= 15 is 0 Å². The Morgan fingerprint density at radius 3 is 2.41 bits per heavy atom. The molecule has 3 aromatic rings. The number of nitrogens with one attached hydrogen (secondary N) is 1. The standard InChI is InChI=1S/C35H48N4O6S/c1-23-11-9-12-24(2)31(23)29-18-30(37-33(36-29)38-46(42,43)28-14-10-13-25(17-28)32(40)41)44-21-26(19-34(3,4)5)39(8)20-27-15-16-35(6,7)22-45-27/h9-14,17-18,26-27H,15-16,19-22H2,1-8H3,(H,40,41)(H,36,37,38)/t26-,27?/m1/s1. The summed E-state index contributed by atoms with van der Waals surface area (Å²) in [7, 11) is -2.12. The van der Waals surface area contributed by atoms with Crippen LogP contribution >= 0.6 is 0 Å². The average Bonchev–Trinajstić information content (AvgIpc) is 2.95. The maximum absolute atomic E-state index is 13.4. The molecule has 1 saturated heterocycles. The van der Waals surface area contributed by atoms with E-state index < -0.39 is 16.0 Å². The minimum atomic E-state index is -4.21. The number of sulfonamides is 1. The van der Waals surface area contributed by atoms with Gasteiger partial charge in [-0.1, -0.05) is 58.9 Å². The maximum atomic E-state index is 13.4. The van der Waals surface area contributed by atoms with Gasteiger partial charge < -0.3 is 14.6 Å². The number of anilines is 1. The van der Waals surface area contributed by atoms with Gasteiger partial charge in [0.1, 0.15) is 6.61 Å². The van der Waals surface area contributed by atoms with E-state index in [2.05, 4.69) is 61.3 Å². The van der Waals surface area contributed by atoms with Gasteiger partial charge in [-0.3, -0.25) is 4.90 Å². The van der Waals surface area contributed by atoms with Crippen LogP contribution < -0.4 is 9.46 Å². The Hall–Kier alpha value is -3.54.